The van der Waals surface area contributed by atoms with Crippen molar-refractivity contribution in [3.63, 3.8) is 0 Å². The highest BCUT2D eigenvalue weighted by Gasteiger charge is 2.20. The average molecular weight is 425 g/mol. The van der Waals surface area contributed by atoms with E-state index in [1.165, 1.54) is 0 Å². The van der Waals surface area contributed by atoms with Crippen LogP contribution in [0.5, 0.6) is 0 Å². The Labute approximate surface area is 173 Å². The summed E-state index contributed by atoms with van der Waals surface area (Å²) in [4.78, 5) is 38.2. The van der Waals surface area contributed by atoms with Crippen molar-refractivity contribution < 1.29 is 14.3 Å². The first-order chi connectivity index (χ1) is 14.0. The van der Waals surface area contributed by atoms with E-state index in [4.69, 9.17) is 16.3 Å². The number of para-hydroxylation sites is 1. The number of benzene rings is 2. The molecular formula is C21H13ClN2O4S. The molecule has 0 spiro atoms. The molecule has 2 aromatic heterocycles. The second-order valence-electron chi connectivity index (χ2n) is 6.05. The van der Waals surface area contributed by atoms with Gasteiger partial charge in [0.1, 0.15) is 0 Å². The summed E-state index contributed by atoms with van der Waals surface area (Å²) in [5, 5.41) is 4.92. The third-order valence-corrected chi connectivity index (χ3v) is 5.45. The van der Waals surface area contributed by atoms with Gasteiger partial charge in [-0.2, -0.15) is 9.78 Å². The fourth-order valence-corrected chi connectivity index (χ4v) is 3.79. The smallest absolute Gasteiger partial charge is 0.359 e. The van der Waals surface area contributed by atoms with Gasteiger partial charge in [-0.15, -0.1) is 11.3 Å². The van der Waals surface area contributed by atoms with Crippen LogP contribution in [0.2, 0.25) is 4.34 Å². The van der Waals surface area contributed by atoms with Gasteiger partial charge >= 0.3 is 5.97 Å². The van der Waals surface area contributed by atoms with Crippen LogP contribution >= 0.6 is 22.9 Å². The molecule has 0 aliphatic heterocycles. The number of aromatic nitrogens is 2. The summed E-state index contributed by atoms with van der Waals surface area (Å²) in [6.45, 7) is -0.448. The number of carbonyl (C=O) groups excluding carboxylic acids is 2. The Morgan fingerprint density at radius 1 is 0.966 bits per heavy atom. The number of Topliss-reactive ketones (excluding diaryl/α,β-unsaturated/α-hetero) is 1. The third-order valence-electron chi connectivity index (χ3n) is 4.18. The van der Waals surface area contributed by atoms with E-state index in [2.05, 4.69) is 5.10 Å². The minimum Gasteiger partial charge on any atom is -0.452 e. The van der Waals surface area contributed by atoms with Crippen LogP contribution in [0, 0.1) is 0 Å². The highest BCUT2D eigenvalue weighted by Crippen LogP contribution is 2.22. The van der Waals surface area contributed by atoms with Gasteiger partial charge < -0.3 is 4.74 Å². The molecule has 2 aromatic carbocycles. The number of hydrogen-bond donors (Lipinski definition) is 0. The quantitative estimate of drug-likeness (QED) is 0.355. The van der Waals surface area contributed by atoms with Gasteiger partial charge in [-0.25, -0.2) is 4.79 Å². The van der Waals surface area contributed by atoms with Crippen LogP contribution in [-0.2, 0) is 4.74 Å². The molecule has 0 saturated heterocycles. The summed E-state index contributed by atoms with van der Waals surface area (Å²) < 4.78 is 6.82. The van der Waals surface area contributed by atoms with Gasteiger partial charge in [0.05, 0.1) is 20.3 Å². The molecule has 0 aliphatic rings. The molecule has 144 valence electrons. The largest absolute Gasteiger partial charge is 0.452 e. The molecule has 0 aliphatic carbocycles. The van der Waals surface area contributed by atoms with Gasteiger partial charge in [0.25, 0.3) is 5.56 Å². The van der Waals surface area contributed by atoms with Crippen molar-refractivity contribution in [2.24, 2.45) is 0 Å². The van der Waals surface area contributed by atoms with E-state index in [0.717, 1.165) is 16.0 Å². The van der Waals surface area contributed by atoms with E-state index in [-0.39, 0.29) is 17.0 Å². The zero-order chi connectivity index (χ0) is 20.4. The van der Waals surface area contributed by atoms with Crippen molar-refractivity contribution in [2.75, 3.05) is 6.61 Å². The van der Waals surface area contributed by atoms with Crippen molar-refractivity contribution in [1.29, 1.82) is 0 Å². The monoisotopic (exact) mass is 424 g/mol. The van der Waals surface area contributed by atoms with Gasteiger partial charge in [0, 0.05) is 5.39 Å². The van der Waals surface area contributed by atoms with E-state index in [1.54, 1.807) is 60.7 Å². The van der Waals surface area contributed by atoms with Gasteiger partial charge in [-0.3, -0.25) is 9.59 Å². The molecule has 0 atom stereocenters. The van der Waals surface area contributed by atoms with Crippen LogP contribution in [0.4, 0.5) is 0 Å². The number of rotatable bonds is 5. The Kier molecular flexibility index (Phi) is 5.24. The second-order valence-corrected chi connectivity index (χ2v) is 7.76. The Balaban J connectivity index is 1.71. The Morgan fingerprint density at radius 2 is 1.66 bits per heavy atom. The Bertz CT molecular complexity index is 1280. The summed E-state index contributed by atoms with van der Waals surface area (Å²) in [5.41, 5.74) is 0.121. The zero-order valence-corrected chi connectivity index (χ0v) is 16.4. The molecule has 0 radical (unpaired) electrons. The number of thiophene rings is 1. The molecule has 6 nitrogen and oxygen atoms in total. The van der Waals surface area contributed by atoms with Crippen molar-refractivity contribution in [3.8, 4) is 5.69 Å². The predicted octanol–water partition coefficient (Wildman–Crippen LogP) is 4.14. The Morgan fingerprint density at radius 3 is 2.34 bits per heavy atom. The molecule has 0 saturated carbocycles. The summed E-state index contributed by atoms with van der Waals surface area (Å²) in [5.74, 6) is -1.15. The SMILES string of the molecule is O=C(COC(=O)c1nn(-c2ccccc2)c(=O)c2ccccc12)c1ccc(Cl)s1. The van der Waals surface area contributed by atoms with Crippen LogP contribution in [0.25, 0.3) is 16.5 Å². The molecule has 2 heterocycles. The molecule has 0 amide bonds. The first kappa shape index (κ1) is 19.0. The molecule has 29 heavy (non-hydrogen) atoms. The number of hydrogen-bond acceptors (Lipinski definition) is 6. The first-order valence-corrected chi connectivity index (χ1v) is 9.77. The highest BCUT2D eigenvalue weighted by molar-refractivity contribution is 7.18. The Hall–Kier alpha value is -3.29. The van der Waals surface area contributed by atoms with Gasteiger partial charge in [0.2, 0.25) is 5.78 Å². The van der Waals surface area contributed by atoms with E-state index in [1.807, 2.05) is 6.07 Å². The lowest BCUT2D eigenvalue weighted by molar-refractivity contribution is 0.0470. The third kappa shape index (κ3) is 3.83. The van der Waals surface area contributed by atoms with Crippen LogP contribution in [0.3, 0.4) is 0 Å². The van der Waals surface area contributed by atoms with Gasteiger partial charge in [-0.1, -0.05) is 48.0 Å². The maximum Gasteiger partial charge on any atom is 0.359 e. The average Bonchev–Trinajstić information content (AvgIpc) is 3.19. The molecule has 4 aromatic rings. The van der Waals surface area contributed by atoms with Crippen LogP contribution < -0.4 is 5.56 Å². The number of carbonyl (C=O) groups is 2. The van der Waals surface area contributed by atoms with Crippen LogP contribution in [0.15, 0.2) is 71.5 Å². The van der Waals surface area contributed by atoms with Crippen LogP contribution in [-0.4, -0.2) is 28.1 Å². The maximum atomic E-state index is 12.8. The fourth-order valence-electron chi connectivity index (χ4n) is 2.82. The second kappa shape index (κ2) is 7.98. The highest BCUT2D eigenvalue weighted by atomic mass is 35.5. The minimum atomic E-state index is -0.790. The van der Waals surface area contributed by atoms with E-state index in [0.29, 0.717) is 25.7 Å². The molecule has 0 fully saturated rings. The lowest BCUT2D eigenvalue weighted by Gasteiger charge is -2.10. The number of halogens is 1. The van der Waals surface area contributed by atoms with E-state index in [9.17, 15) is 14.4 Å². The number of ether oxygens (including phenoxy) is 1. The van der Waals surface area contributed by atoms with Gasteiger partial charge in [-0.05, 0) is 30.3 Å². The van der Waals surface area contributed by atoms with Crippen molar-refractivity contribution >= 4 is 45.5 Å². The first-order valence-electron chi connectivity index (χ1n) is 8.58. The van der Waals surface area contributed by atoms with E-state index < -0.39 is 12.6 Å². The fraction of sp³-hybridized carbons (Fsp3) is 0.0476. The minimum absolute atomic E-state index is 0.0407. The van der Waals surface area contributed by atoms with Crippen molar-refractivity contribution in [1.82, 2.24) is 9.78 Å². The maximum absolute atomic E-state index is 12.8. The summed E-state index contributed by atoms with van der Waals surface area (Å²) in [7, 11) is 0. The number of ketones is 1. The number of nitrogens with zero attached hydrogens (tertiary/aromatic N) is 2. The summed E-state index contributed by atoms with van der Waals surface area (Å²) >= 11 is 6.95. The van der Waals surface area contributed by atoms with Crippen molar-refractivity contribution in [3.05, 3.63) is 92.0 Å². The zero-order valence-electron chi connectivity index (χ0n) is 14.9. The van der Waals surface area contributed by atoms with Gasteiger partial charge in [0.15, 0.2) is 12.3 Å². The molecule has 4 rings (SSSR count). The predicted molar refractivity (Wildman–Crippen MR) is 111 cm³/mol. The van der Waals surface area contributed by atoms with Crippen molar-refractivity contribution in [2.45, 2.75) is 0 Å². The lowest BCUT2D eigenvalue weighted by Crippen LogP contribution is -2.25. The number of esters is 1. The lowest BCUT2D eigenvalue weighted by atomic mass is 10.1. The van der Waals surface area contributed by atoms with Crippen LogP contribution in [0.1, 0.15) is 20.2 Å². The molecule has 0 bridgehead atoms. The molecule has 8 heteroatoms. The molecule has 0 N–H and O–H groups in total. The number of fused-ring (bicyclic) bond motifs is 1. The summed E-state index contributed by atoms with van der Waals surface area (Å²) in [6.07, 6.45) is 0. The summed E-state index contributed by atoms with van der Waals surface area (Å²) in [6, 6.07) is 18.6. The molecule has 0 unspecified atom stereocenters. The van der Waals surface area contributed by atoms with E-state index >= 15 is 0 Å². The molecular weight excluding hydrogens is 412 g/mol. The standard InChI is InChI=1S/C21H13ClN2O4S/c22-18-11-10-17(29-18)16(25)12-28-21(27)19-14-8-4-5-9-15(14)20(26)24(23-19)13-6-2-1-3-7-13/h1-11H,12H2. The topological polar surface area (TPSA) is 78.3 Å². The normalized spacial score (nSPS) is 10.8.